The molecule has 3 aromatic rings. The standard InChI is InChI=1S/C25H25FN2O.ClH/c26-23-11-9-21(10-12-23)20-5-7-22(8-6-20)25(29)28-24-13-3-18(4-14-24)16-19-2-1-15-27-17-19;/h3-14,19,27H,1-2,15-17H2,(H,28,29);1H. The van der Waals surface area contributed by atoms with Crippen molar-refractivity contribution < 1.29 is 9.18 Å². The van der Waals surface area contributed by atoms with Gasteiger partial charge in [0, 0.05) is 11.3 Å². The van der Waals surface area contributed by atoms with E-state index < -0.39 is 0 Å². The summed E-state index contributed by atoms with van der Waals surface area (Å²) in [6, 6.07) is 21.8. The van der Waals surface area contributed by atoms with Crippen LogP contribution in [0.5, 0.6) is 0 Å². The van der Waals surface area contributed by atoms with Crippen LogP contribution in [0.15, 0.2) is 72.8 Å². The number of halogens is 2. The van der Waals surface area contributed by atoms with E-state index >= 15 is 0 Å². The Morgan fingerprint density at radius 2 is 1.57 bits per heavy atom. The number of benzene rings is 3. The van der Waals surface area contributed by atoms with Gasteiger partial charge in [-0.15, -0.1) is 12.4 Å². The predicted octanol–water partition coefficient (Wildman–Crippen LogP) is 5.71. The predicted molar refractivity (Wildman–Crippen MR) is 123 cm³/mol. The summed E-state index contributed by atoms with van der Waals surface area (Å²) in [6.07, 6.45) is 3.60. The van der Waals surface area contributed by atoms with Crippen LogP contribution in [-0.2, 0) is 6.42 Å². The number of rotatable bonds is 5. The highest BCUT2D eigenvalue weighted by molar-refractivity contribution is 6.04. The number of hydrogen-bond donors (Lipinski definition) is 2. The quantitative estimate of drug-likeness (QED) is 0.550. The first kappa shape index (κ1) is 22.0. The molecular formula is C25H26ClFN2O. The topological polar surface area (TPSA) is 41.1 Å². The van der Waals surface area contributed by atoms with Crippen LogP contribution in [0, 0.1) is 11.7 Å². The fourth-order valence-corrected chi connectivity index (χ4v) is 3.82. The van der Waals surface area contributed by atoms with Crippen molar-refractivity contribution >= 4 is 24.0 Å². The Hall–Kier alpha value is -2.69. The van der Waals surface area contributed by atoms with Gasteiger partial charge in [-0.3, -0.25) is 4.79 Å². The van der Waals surface area contributed by atoms with E-state index in [2.05, 4.69) is 22.8 Å². The summed E-state index contributed by atoms with van der Waals surface area (Å²) in [5.41, 5.74) is 4.56. The third-order valence-electron chi connectivity index (χ3n) is 5.46. The Kier molecular flexibility index (Phi) is 7.61. The SMILES string of the molecule is Cl.O=C(Nc1ccc(CC2CCCNC2)cc1)c1ccc(-c2ccc(F)cc2)cc1. The van der Waals surface area contributed by atoms with Crippen LogP contribution in [0.1, 0.15) is 28.8 Å². The van der Waals surface area contributed by atoms with Gasteiger partial charge in [0.05, 0.1) is 0 Å². The van der Waals surface area contributed by atoms with Gasteiger partial charge in [0.1, 0.15) is 5.82 Å². The third kappa shape index (κ3) is 5.68. The summed E-state index contributed by atoms with van der Waals surface area (Å²) < 4.78 is 13.1. The van der Waals surface area contributed by atoms with Gasteiger partial charge in [-0.25, -0.2) is 4.39 Å². The number of amides is 1. The van der Waals surface area contributed by atoms with Crippen molar-refractivity contribution in [1.29, 1.82) is 0 Å². The lowest BCUT2D eigenvalue weighted by atomic mass is 9.92. The molecule has 30 heavy (non-hydrogen) atoms. The molecule has 0 aromatic heterocycles. The number of hydrogen-bond acceptors (Lipinski definition) is 2. The molecule has 1 unspecified atom stereocenters. The number of nitrogens with one attached hydrogen (secondary N) is 2. The van der Waals surface area contributed by atoms with E-state index in [0.717, 1.165) is 36.3 Å². The van der Waals surface area contributed by atoms with Crippen molar-refractivity contribution in [2.45, 2.75) is 19.3 Å². The lowest BCUT2D eigenvalue weighted by Crippen LogP contribution is -2.30. The summed E-state index contributed by atoms with van der Waals surface area (Å²) >= 11 is 0. The second-order valence-electron chi connectivity index (χ2n) is 7.65. The highest BCUT2D eigenvalue weighted by atomic mass is 35.5. The van der Waals surface area contributed by atoms with Crippen molar-refractivity contribution in [3.8, 4) is 11.1 Å². The molecule has 0 spiro atoms. The van der Waals surface area contributed by atoms with Crippen LogP contribution in [0.25, 0.3) is 11.1 Å². The maximum absolute atomic E-state index is 13.1. The molecule has 1 heterocycles. The Labute approximate surface area is 183 Å². The molecular weight excluding hydrogens is 399 g/mol. The average Bonchev–Trinajstić information content (AvgIpc) is 2.76. The first-order valence-corrected chi connectivity index (χ1v) is 10.1. The highest BCUT2D eigenvalue weighted by Gasteiger charge is 2.13. The van der Waals surface area contributed by atoms with E-state index in [4.69, 9.17) is 0 Å². The minimum Gasteiger partial charge on any atom is -0.322 e. The van der Waals surface area contributed by atoms with Gasteiger partial charge in [0.25, 0.3) is 5.91 Å². The number of anilines is 1. The molecule has 2 N–H and O–H groups in total. The molecule has 3 nitrogen and oxygen atoms in total. The summed E-state index contributed by atoms with van der Waals surface area (Å²) in [7, 11) is 0. The van der Waals surface area contributed by atoms with Gasteiger partial charge in [-0.05, 0) is 91.4 Å². The van der Waals surface area contributed by atoms with Crippen LogP contribution in [-0.4, -0.2) is 19.0 Å². The third-order valence-corrected chi connectivity index (χ3v) is 5.46. The molecule has 0 saturated carbocycles. The summed E-state index contributed by atoms with van der Waals surface area (Å²) in [5, 5.41) is 6.41. The number of carbonyl (C=O) groups is 1. The van der Waals surface area contributed by atoms with Crippen LogP contribution in [0.4, 0.5) is 10.1 Å². The van der Waals surface area contributed by atoms with Crippen LogP contribution in [0.2, 0.25) is 0 Å². The van der Waals surface area contributed by atoms with E-state index in [1.807, 2.05) is 24.3 Å². The fraction of sp³-hybridized carbons (Fsp3) is 0.240. The Balaban J connectivity index is 0.00000256. The fourth-order valence-electron chi connectivity index (χ4n) is 3.82. The van der Waals surface area contributed by atoms with Gasteiger partial charge in [-0.2, -0.15) is 0 Å². The Morgan fingerprint density at radius 3 is 2.17 bits per heavy atom. The molecule has 0 radical (unpaired) electrons. The molecule has 1 aliphatic heterocycles. The second-order valence-corrected chi connectivity index (χ2v) is 7.65. The van der Waals surface area contributed by atoms with Gasteiger partial charge in [0.15, 0.2) is 0 Å². The van der Waals surface area contributed by atoms with E-state index in [1.165, 1.54) is 30.5 Å². The van der Waals surface area contributed by atoms with Gasteiger partial charge < -0.3 is 10.6 Å². The highest BCUT2D eigenvalue weighted by Crippen LogP contribution is 2.21. The normalized spacial score (nSPS) is 15.8. The van der Waals surface area contributed by atoms with Gasteiger partial charge >= 0.3 is 0 Å². The zero-order valence-corrected chi connectivity index (χ0v) is 17.6. The summed E-state index contributed by atoms with van der Waals surface area (Å²) in [5.74, 6) is 0.301. The monoisotopic (exact) mass is 424 g/mol. The molecule has 1 atom stereocenters. The smallest absolute Gasteiger partial charge is 0.255 e. The van der Waals surface area contributed by atoms with Crippen LogP contribution in [0.3, 0.4) is 0 Å². The molecule has 3 aromatic carbocycles. The molecule has 4 rings (SSSR count). The van der Waals surface area contributed by atoms with Gasteiger partial charge in [-0.1, -0.05) is 36.4 Å². The lowest BCUT2D eigenvalue weighted by molar-refractivity contribution is 0.102. The molecule has 1 aliphatic rings. The maximum Gasteiger partial charge on any atom is 0.255 e. The van der Waals surface area contributed by atoms with Crippen molar-refractivity contribution in [2.75, 3.05) is 18.4 Å². The first-order chi connectivity index (χ1) is 14.2. The van der Waals surface area contributed by atoms with E-state index in [0.29, 0.717) is 11.5 Å². The maximum atomic E-state index is 13.1. The van der Waals surface area contributed by atoms with E-state index in [9.17, 15) is 9.18 Å². The van der Waals surface area contributed by atoms with Crippen LogP contribution < -0.4 is 10.6 Å². The first-order valence-electron chi connectivity index (χ1n) is 10.1. The van der Waals surface area contributed by atoms with Crippen molar-refractivity contribution in [3.05, 3.63) is 89.7 Å². The average molecular weight is 425 g/mol. The molecule has 0 aliphatic carbocycles. The zero-order chi connectivity index (χ0) is 20.1. The molecule has 1 amide bonds. The molecule has 1 saturated heterocycles. The van der Waals surface area contributed by atoms with Crippen molar-refractivity contribution in [3.63, 3.8) is 0 Å². The zero-order valence-electron chi connectivity index (χ0n) is 16.7. The second kappa shape index (κ2) is 10.4. The van der Waals surface area contributed by atoms with E-state index in [-0.39, 0.29) is 24.1 Å². The number of piperidine rings is 1. The molecule has 0 bridgehead atoms. The minimum atomic E-state index is -0.258. The molecule has 1 fully saturated rings. The molecule has 5 heteroatoms. The lowest BCUT2D eigenvalue weighted by Gasteiger charge is -2.22. The van der Waals surface area contributed by atoms with Crippen molar-refractivity contribution in [2.24, 2.45) is 5.92 Å². The van der Waals surface area contributed by atoms with Gasteiger partial charge in [0.2, 0.25) is 0 Å². The summed E-state index contributed by atoms with van der Waals surface area (Å²) in [6.45, 7) is 2.22. The number of carbonyl (C=O) groups excluding carboxylic acids is 1. The Morgan fingerprint density at radius 1 is 0.933 bits per heavy atom. The van der Waals surface area contributed by atoms with Crippen molar-refractivity contribution in [1.82, 2.24) is 5.32 Å². The van der Waals surface area contributed by atoms with Crippen LogP contribution >= 0.6 is 12.4 Å². The molecule has 156 valence electrons. The Bertz CT molecular complexity index is 950. The minimum absolute atomic E-state index is 0. The summed E-state index contributed by atoms with van der Waals surface area (Å²) in [4.78, 5) is 12.5. The largest absolute Gasteiger partial charge is 0.322 e. The van der Waals surface area contributed by atoms with E-state index in [1.54, 1.807) is 24.3 Å².